The number of nitrogens with zero attached hydrogens (tertiary/aromatic N) is 4. The highest BCUT2D eigenvalue weighted by molar-refractivity contribution is 7.89. The lowest BCUT2D eigenvalue weighted by Gasteiger charge is -2.35. The van der Waals surface area contributed by atoms with Crippen LogP contribution in [0.15, 0.2) is 9.42 Å². The molecule has 160 valence electrons. The second kappa shape index (κ2) is 9.84. The number of rotatable bonds is 9. The molecule has 0 aromatic carbocycles. The highest BCUT2D eigenvalue weighted by atomic mass is 32.2. The number of carbonyl (C=O) groups excluding carboxylic acids is 1. The van der Waals surface area contributed by atoms with Crippen LogP contribution >= 0.6 is 0 Å². The van der Waals surface area contributed by atoms with Crippen molar-refractivity contribution in [1.29, 1.82) is 0 Å². The molecule has 0 unspecified atom stereocenters. The van der Waals surface area contributed by atoms with Crippen molar-refractivity contribution in [3.8, 4) is 0 Å². The lowest BCUT2D eigenvalue weighted by molar-refractivity contribution is -0.134. The summed E-state index contributed by atoms with van der Waals surface area (Å²) in [6, 6.07) is 0.307. The first-order chi connectivity index (χ1) is 13.2. The van der Waals surface area contributed by atoms with E-state index in [-0.39, 0.29) is 23.9 Å². The van der Waals surface area contributed by atoms with Crippen molar-refractivity contribution in [3.63, 3.8) is 0 Å². The molecule has 2 rings (SSSR count). The van der Waals surface area contributed by atoms with E-state index in [4.69, 9.17) is 4.52 Å². The average Bonchev–Trinajstić information content (AvgIpc) is 3.00. The third-order valence-electron chi connectivity index (χ3n) is 5.27. The van der Waals surface area contributed by atoms with Gasteiger partial charge in [-0.05, 0) is 40.7 Å². The predicted molar refractivity (Wildman–Crippen MR) is 108 cm³/mol. The number of carbonyl (C=O) groups is 1. The first kappa shape index (κ1) is 22.8. The van der Waals surface area contributed by atoms with Gasteiger partial charge in [-0.3, -0.25) is 9.69 Å². The Morgan fingerprint density at radius 3 is 2.32 bits per heavy atom. The van der Waals surface area contributed by atoms with Gasteiger partial charge < -0.3 is 9.42 Å². The second-order valence-electron chi connectivity index (χ2n) is 7.71. The third kappa shape index (κ3) is 5.33. The summed E-state index contributed by atoms with van der Waals surface area (Å²) >= 11 is 0. The molecule has 0 atom stereocenters. The summed E-state index contributed by atoms with van der Waals surface area (Å²) in [5, 5.41) is 3.75. The predicted octanol–water partition coefficient (Wildman–Crippen LogP) is 2.02. The third-order valence-corrected chi connectivity index (χ3v) is 7.42. The van der Waals surface area contributed by atoms with Gasteiger partial charge in [0.25, 0.3) is 0 Å². The van der Waals surface area contributed by atoms with E-state index < -0.39 is 10.0 Å². The van der Waals surface area contributed by atoms with Gasteiger partial charge in [0, 0.05) is 32.2 Å². The highest BCUT2D eigenvalue weighted by Gasteiger charge is 2.34. The fraction of sp³-hybridized carbons (Fsp3) is 0.789. The Bertz CT molecular complexity index is 732. The zero-order valence-corrected chi connectivity index (χ0v) is 18.6. The van der Waals surface area contributed by atoms with Crippen molar-refractivity contribution >= 4 is 15.9 Å². The van der Waals surface area contributed by atoms with Gasteiger partial charge in [-0.15, -0.1) is 0 Å². The number of aromatic nitrogens is 1. The molecule has 0 N–H and O–H groups in total. The van der Waals surface area contributed by atoms with Gasteiger partial charge in [-0.25, -0.2) is 8.42 Å². The van der Waals surface area contributed by atoms with Crippen LogP contribution in [0.4, 0.5) is 0 Å². The molecule has 0 saturated carbocycles. The first-order valence-electron chi connectivity index (χ1n) is 10.1. The van der Waals surface area contributed by atoms with Gasteiger partial charge in [0.15, 0.2) is 5.76 Å². The van der Waals surface area contributed by atoms with Crippen LogP contribution in [0.25, 0.3) is 0 Å². The maximum Gasteiger partial charge on any atom is 0.248 e. The van der Waals surface area contributed by atoms with Crippen molar-refractivity contribution in [3.05, 3.63) is 11.5 Å². The van der Waals surface area contributed by atoms with Crippen molar-refractivity contribution in [1.82, 2.24) is 19.3 Å². The topological polar surface area (TPSA) is 87.0 Å². The summed E-state index contributed by atoms with van der Waals surface area (Å²) in [5.41, 5.74) is 0.371. The van der Waals surface area contributed by atoms with Crippen molar-refractivity contribution in [2.45, 2.75) is 64.8 Å². The van der Waals surface area contributed by atoms with Crippen LogP contribution in [-0.2, 0) is 14.8 Å². The first-order valence-corrected chi connectivity index (χ1v) is 11.6. The fourth-order valence-electron chi connectivity index (χ4n) is 3.51. The minimum Gasteiger partial charge on any atom is -0.360 e. The maximum atomic E-state index is 12.9. The summed E-state index contributed by atoms with van der Waals surface area (Å²) in [6.07, 6.45) is 3.41. The molecule has 1 amide bonds. The summed E-state index contributed by atoms with van der Waals surface area (Å²) in [6.45, 7) is 12.3. The molecule has 0 aliphatic carbocycles. The number of unbranched alkanes of at least 4 members (excludes halogenated alkanes) is 2. The Balaban J connectivity index is 1.94. The number of piperazine rings is 1. The molecule has 8 nitrogen and oxygen atoms in total. The van der Waals surface area contributed by atoms with E-state index in [2.05, 4.69) is 30.8 Å². The van der Waals surface area contributed by atoms with Crippen molar-refractivity contribution in [2.75, 3.05) is 39.3 Å². The van der Waals surface area contributed by atoms with Crippen LogP contribution in [0.3, 0.4) is 0 Å². The number of hydrogen-bond acceptors (Lipinski definition) is 6. The Kier molecular flexibility index (Phi) is 8.03. The molecular weight excluding hydrogens is 380 g/mol. The zero-order valence-electron chi connectivity index (χ0n) is 17.8. The van der Waals surface area contributed by atoms with Gasteiger partial charge in [0.2, 0.25) is 15.9 Å². The lowest BCUT2D eigenvalue weighted by atomic mass is 10.2. The van der Waals surface area contributed by atoms with Gasteiger partial charge in [-0.2, -0.15) is 4.31 Å². The number of hydrogen-bond donors (Lipinski definition) is 0. The summed E-state index contributed by atoms with van der Waals surface area (Å²) in [4.78, 5) is 16.8. The van der Waals surface area contributed by atoms with Crippen LogP contribution in [0.1, 0.15) is 51.5 Å². The van der Waals surface area contributed by atoms with Gasteiger partial charge in [0.1, 0.15) is 10.6 Å². The molecule has 0 bridgehead atoms. The number of aryl methyl sites for hydroxylation is 2. The van der Waals surface area contributed by atoms with E-state index in [0.717, 1.165) is 25.8 Å². The molecule has 1 aliphatic rings. The molecule has 28 heavy (non-hydrogen) atoms. The Morgan fingerprint density at radius 1 is 1.18 bits per heavy atom. The maximum absolute atomic E-state index is 12.9. The SMILES string of the molecule is CCCCCN(CC(=O)N1CCN(S(=O)(=O)c2c(C)noc2C)CC1)C(C)C. The Labute approximate surface area is 168 Å². The van der Waals surface area contributed by atoms with Crippen molar-refractivity contribution in [2.24, 2.45) is 0 Å². The smallest absolute Gasteiger partial charge is 0.248 e. The van der Waals surface area contributed by atoms with Gasteiger partial charge in [-0.1, -0.05) is 24.9 Å². The molecule has 1 aromatic rings. The van der Waals surface area contributed by atoms with E-state index in [0.29, 0.717) is 37.1 Å². The molecule has 1 saturated heterocycles. The number of amides is 1. The average molecular weight is 415 g/mol. The normalized spacial score (nSPS) is 16.3. The quantitative estimate of drug-likeness (QED) is 0.575. The second-order valence-corrected chi connectivity index (χ2v) is 9.58. The minimum atomic E-state index is -3.65. The van der Waals surface area contributed by atoms with E-state index in [9.17, 15) is 13.2 Å². The molecular formula is C19H34N4O4S. The summed E-state index contributed by atoms with van der Waals surface area (Å²) in [7, 11) is -3.65. The molecule has 1 aliphatic heterocycles. The van der Waals surface area contributed by atoms with E-state index in [1.165, 1.54) is 4.31 Å². The van der Waals surface area contributed by atoms with Crippen LogP contribution in [0, 0.1) is 13.8 Å². The van der Waals surface area contributed by atoms with Crippen LogP contribution in [0.2, 0.25) is 0 Å². The monoisotopic (exact) mass is 414 g/mol. The molecule has 2 heterocycles. The fourth-order valence-corrected chi connectivity index (χ4v) is 5.22. The van der Waals surface area contributed by atoms with E-state index >= 15 is 0 Å². The van der Waals surface area contributed by atoms with E-state index in [1.807, 2.05) is 0 Å². The standard InChI is InChI=1S/C19H34N4O4S/c1-6-7-8-9-22(15(2)3)14-18(24)21-10-12-23(13-11-21)28(25,26)19-16(4)20-27-17(19)5/h15H,6-14H2,1-5H3. The Morgan fingerprint density at radius 2 is 1.82 bits per heavy atom. The lowest BCUT2D eigenvalue weighted by Crippen LogP contribution is -2.53. The Hall–Kier alpha value is -1.45. The van der Waals surface area contributed by atoms with E-state index in [1.54, 1.807) is 18.7 Å². The van der Waals surface area contributed by atoms with Gasteiger partial charge in [0.05, 0.1) is 6.54 Å². The molecule has 9 heteroatoms. The molecule has 0 spiro atoms. The highest BCUT2D eigenvalue weighted by Crippen LogP contribution is 2.24. The zero-order chi connectivity index (χ0) is 20.9. The molecule has 0 radical (unpaired) electrons. The largest absolute Gasteiger partial charge is 0.360 e. The molecule has 1 fully saturated rings. The summed E-state index contributed by atoms with van der Waals surface area (Å²) in [5.74, 6) is 0.371. The summed E-state index contributed by atoms with van der Waals surface area (Å²) < 4.78 is 32.2. The minimum absolute atomic E-state index is 0.0691. The van der Waals surface area contributed by atoms with Crippen molar-refractivity contribution < 1.29 is 17.7 Å². The van der Waals surface area contributed by atoms with Crippen LogP contribution in [-0.4, -0.2) is 78.9 Å². The van der Waals surface area contributed by atoms with Crippen LogP contribution in [0.5, 0.6) is 0 Å². The van der Waals surface area contributed by atoms with Crippen LogP contribution < -0.4 is 0 Å². The van der Waals surface area contributed by atoms with Gasteiger partial charge >= 0.3 is 0 Å². The number of sulfonamides is 1. The molecule has 1 aromatic heterocycles.